The fourth-order valence-corrected chi connectivity index (χ4v) is 3.18. The van der Waals surface area contributed by atoms with Crippen LogP contribution >= 0.6 is 0 Å². The molecule has 3 aliphatic heterocycles. The summed E-state index contributed by atoms with van der Waals surface area (Å²) in [5.41, 5.74) is 0. The predicted octanol–water partition coefficient (Wildman–Crippen LogP) is 2.56. The summed E-state index contributed by atoms with van der Waals surface area (Å²) >= 11 is 0. The quantitative estimate of drug-likeness (QED) is 0.672. The molecule has 4 heteroatoms. The van der Waals surface area contributed by atoms with Gasteiger partial charge in [-0.2, -0.15) is 0 Å². The first kappa shape index (κ1) is 21.9. The third-order valence-corrected chi connectivity index (χ3v) is 5.74. The van der Waals surface area contributed by atoms with Crippen molar-refractivity contribution in [2.45, 2.75) is 39.5 Å². The van der Waals surface area contributed by atoms with Crippen LogP contribution in [-0.2, 0) is 0 Å². The second-order valence-corrected chi connectivity index (χ2v) is 8.58. The molecule has 144 valence electrons. The zero-order chi connectivity index (χ0) is 17.9. The highest BCUT2D eigenvalue weighted by atomic mass is 15.2. The molecule has 0 N–H and O–H groups in total. The first-order valence-electron chi connectivity index (χ1n) is 10.1. The molecule has 3 saturated heterocycles. The van der Waals surface area contributed by atoms with Crippen LogP contribution in [-0.4, -0.2) is 100 Å². The standard InChI is InChI=1S/2C7H15N.C6H14N2/c3*1-7-3-5-8(2)6-4-7/h2*7H,3-6H2,1-2H3;3-6H2,1-2H3. The highest BCUT2D eigenvalue weighted by Crippen LogP contribution is 2.14. The summed E-state index contributed by atoms with van der Waals surface area (Å²) in [6, 6.07) is 0. The second kappa shape index (κ2) is 12.2. The van der Waals surface area contributed by atoms with Gasteiger partial charge in [-0.25, -0.2) is 0 Å². The van der Waals surface area contributed by atoms with Gasteiger partial charge in [0.1, 0.15) is 0 Å². The topological polar surface area (TPSA) is 13.0 Å². The van der Waals surface area contributed by atoms with Gasteiger partial charge in [0.15, 0.2) is 0 Å². The predicted molar refractivity (Wildman–Crippen MR) is 107 cm³/mol. The molecule has 0 aromatic carbocycles. The smallest absolute Gasteiger partial charge is 0.0107 e. The summed E-state index contributed by atoms with van der Waals surface area (Å²) in [7, 11) is 8.75. The number of rotatable bonds is 0. The summed E-state index contributed by atoms with van der Waals surface area (Å²) in [5, 5.41) is 0. The van der Waals surface area contributed by atoms with Crippen LogP contribution in [0.5, 0.6) is 0 Å². The maximum Gasteiger partial charge on any atom is 0.0107 e. The van der Waals surface area contributed by atoms with Gasteiger partial charge in [-0.1, -0.05) is 13.8 Å². The van der Waals surface area contributed by atoms with Crippen molar-refractivity contribution in [1.29, 1.82) is 0 Å². The average Bonchev–Trinajstić information content (AvgIpc) is 2.57. The lowest BCUT2D eigenvalue weighted by atomic mass is 10.00. The monoisotopic (exact) mass is 340 g/mol. The number of hydrogen-bond acceptors (Lipinski definition) is 4. The maximum absolute atomic E-state index is 2.40. The van der Waals surface area contributed by atoms with Gasteiger partial charge in [-0.3, -0.25) is 0 Å². The average molecular weight is 341 g/mol. The van der Waals surface area contributed by atoms with Crippen molar-refractivity contribution in [2.75, 3.05) is 80.5 Å². The van der Waals surface area contributed by atoms with Crippen molar-refractivity contribution in [1.82, 2.24) is 19.6 Å². The van der Waals surface area contributed by atoms with Crippen molar-refractivity contribution in [3.8, 4) is 0 Å². The van der Waals surface area contributed by atoms with E-state index in [0.717, 1.165) is 11.8 Å². The van der Waals surface area contributed by atoms with E-state index in [9.17, 15) is 0 Å². The van der Waals surface area contributed by atoms with Gasteiger partial charge in [0.05, 0.1) is 0 Å². The number of piperidine rings is 2. The number of likely N-dealkylation sites (tertiary alicyclic amines) is 2. The van der Waals surface area contributed by atoms with Crippen molar-refractivity contribution in [3.63, 3.8) is 0 Å². The lowest BCUT2D eigenvalue weighted by molar-refractivity contribution is 0.181. The molecule has 3 aliphatic rings. The van der Waals surface area contributed by atoms with Crippen LogP contribution in [0.2, 0.25) is 0 Å². The minimum atomic E-state index is 0.978. The van der Waals surface area contributed by atoms with E-state index in [1.807, 2.05) is 0 Å². The summed E-state index contributed by atoms with van der Waals surface area (Å²) < 4.78 is 0. The van der Waals surface area contributed by atoms with Crippen molar-refractivity contribution < 1.29 is 0 Å². The Kier molecular flexibility index (Phi) is 11.2. The van der Waals surface area contributed by atoms with E-state index in [-0.39, 0.29) is 0 Å². The van der Waals surface area contributed by atoms with Gasteiger partial charge in [0, 0.05) is 26.2 Å². The van der Waals surface area contributed by atoms with Gasteiger partial charge in [0.2, 0.25) is 0 Å². The third-order valence-electron chi connectivity index (χ3n) is 5.74. The lowest BCUT2D eigenvalue weighted by Gasteiger charge is -2.28. The van der Waals surface area contributed by atoms with E-state index in [4.69, 9.17) is 0 Å². The third kappa shape index (κ3) is 10.7. The first-order valence-corrected chi connectivity index (χ1v) is 10.1. The summed E-state index contributed by atoms with van der Waals surface area (Å²) in [6.45, 7) is 14.8. The number of piperazine rings is 1. The minimum Gasteiger partial charge on any atom is -0.306 e. The van der Waals surface area contributed by atoms with E-state index >= 15 is 0 Å². The van der Waals surface area contributed by atoms with E-state index in [1.165, 1.54) is 78.0 Å². The SMILES string of the molecule is CC1CCN(C)CC1.CC1CCN(C)CC1.CN1CCN(C)CC1. The molecule has 0 aromatic heterocycles. The molecule has 3 heterocycles. The normalized spacial score (nSPS) is 26.2. The molecule has 0 spiro atoms. The van der Waals surface area contributed by atoms with Gasteiger partial charge >= 0.3 is 0 Å². The van der Waals surface area contributed by atoms with Crippen LogP contribution < -0.4 is 0 Å². The molecular weight excluding hydrogens is 296 g/mol. The van der Waals surface area contributed by atoms with E-state index in [1.54, 1.807) is 0 Å². The van der Waals surface area contributed by atoms with E-state index < -0.39 is 0 Å². The molecule has 0 aliphatic carbocycles. The largest absolute Gasteiger partial charge is 0.306 e. The molecule has 0 unspecified atom stereocenters. The van der Waals surface area contributed by atoms with E-state index in [0.29, 0.717) is 0 Å². The Bertz CT molecular complexity index is 208. The summed E-state index contributed by atoms with van der Waals surface area (Å²) in [6.07, 6.45) is 5.60. The zero-order valence-electron chi connectivity index (χ0n) is 17.4. The van der Waals surface area contributed by atoms with Crippen LogP contribution in [0.25, 0.3) is 0 Å². The van der Waals surface area contributed by atoms with Crippen LogP contribution in [0.3, 0.4) is 0 Å². The maximum atomic E-state index is 2.40. The molecule has 0 radical (unpaired) electrons. The Morgan fingerprint density at radius 2 is 0.625 bits per heavy atom. The molecule has 0 aromatic rings. The van der Waals surface area contributed by atoms with Gasteiger partial charge < -0.3 is 19.6 Å². The Hall–Kier alpha value is -0.160. The number of likely N-dealkylation sites (N-methyl/N-ethyl adjacent to an activating group) is 2. The van der Waals surface area contributed by atoms with Crippen LogP contribution in [0, 0.1) is 11.8 Å². The second-order valence-electron chi connectivity index (χ2n) is 8.58. The molecule has 0 atom stereocenters. The molecule has 0 saturated carbocycles. The lowest BCUT2D eigenvalue weighted by Crippen LogP contribution is -2.42. The van der Waals surface area contributed by atoms with Gasteiger partial charge in [-0.05, 0) is 91.9 Å². The van der Waals surface area contributed by atoms with Crippen molar-refractivity contribution in [2.24, 2.45) is 11.8 Å². The molecule has 3 fully saturated rings. The highest BCUT2D eigenvalue weighted by molar-refractivity contribution is 4.66. The molecular formula is C20H44N4. The summed E-state index contributed by atoms with van der Waals surface area (Å²) in [5.74, 6) is 1.96. The van der Waals surface area contributed by atoms with Gasteiger partial charge in [0.25, 0.3) is 0 Å². The van der Waals surface area contributed by atoms with Crippen LogP contribution in [0.4, 0.5) is 0 Å². The zero-order valence-corrected chi connectivity index (χ0v) is 17.4. The van der Waals surface area contributed by atoms with Crippen LogP contribution in [0.15, 0.2) is 0 Å². The molecule has 4 nitrogen and oxygen atoms in total. The Morgan fingerprint density at radius 3 is 0.833 bits per heavy atom. The molecule has 3 rings (SSSR count). The Balaban J connectivity index is 0.000000180. The fraction of sp³-hybridized carbons (Fsp3) is 1.00. The van der Waals surface area contributed by atoms with Gasteiger partial charge in [-0.15, -0.1) is 0 Å². The number of hydrogen-bond donors (Lipinski definition) is 0. The number of nitrogens with zero attached hydrogens (tertiary/aromatic N) is 4. The van der Waals surface area contributed by atoms with Crippen LogP contribution in [0.1, 0.15) is 39.5 Å². The summed E-state index contributed by atoms with van der Waals surface area (Å²) in [4.78, 5) is 9.53. The Labute approximate surface area is 152 Å². The fourth-order valence-electron chi connectivity index (χ4n) is 3.18. The Morgan fingerprint density at radius 1 is 0.417 bits per heavy atom. The van der Waals surface area contributed by atoms with Crippen molar-refractivity contribution >= 4 is 0 Å². The first-order chi connectivity index (χ1) is 11.4. The molecule has 0 amide bonds. The molecule has 24 heavy (non-hydrogen) atoms. The minimum absolute atomic E-state index is 0.978. The molecule has 0 bridgehead atoms. The van der Waals surface area contributed by atoms with Crippen molar-refractivity contribution in [3.05, 3.63) is 0 Å². The highest BCUT2D eigenvalue weighted by Gasteiger charge is 2.11. The van der Waals surface area contributed by atoms with E-state index in [2.05, 4.69) is 61.6 Å².